The molecule has 0 saturated carbocycles. The summed E-state index contributed by atoms with van der Waals surface area (Å²) in [5, 5.41) is 0.344. The first kappa shape index (κ1) is 14.1. The van der Waals surface area contributed by atoms with Crippen LogP contribution in [0.3, 0.4) is 0 Å². The fourth-order valence-electron chi connectivity index (χ4n) is 1.97. The molecule has 1 aliphatic heterocycles. The third-order valence-electron chi connectivity index (χ3n) is 2.95. The molecule has 0 bridgehead atoms. The van der Waals surface area contributed by atoms with E-state index in [9.17, 15) is 8.78 Å². The number of hydrazine groups is 1. The molecule has 1 aromatic carbocycles. The van der Waals surface area contributed by atoms with Gasteiger partial charge in [-0.15, -0.1) is 0 Å². The van der Waals surface area contributed by atoms with Gasteiger partial charge in [0.2, 0.25) is 0 Å². The van der Waals surface area contributed by atoms with Gasteiger partial charge in [0.25, 0.3) is 0 Å². The van der Waals surface area contributed by atoms with E-state index in [0.717, 1.165) is 23.3 Å². The Morgan fingerprint density at radius 1 is 1.39 bits per heavy atom. The normalized spacial score (nSPS) is 21.8. The maximum absolute atomic E-state index is 13.6. The molecule has 2 rings (SSSR count). The zero-order valence-electron chi connectivity index (χ0n) is 9.86. The molecule has 1 heterocycles. The van der Waals surface area contributed by atoms with E-state index in [1.165, 1.54) is 12.1 Å². The summed E-state index contributed by atoms with van der Waals surface area (Å²) in [5.74, 6) is 8.00. The monoisotopic (exact) mass is 290 g/mol. The number of nitrogens with two attached hydrogens (primary N) is 1. The van der Waals surface area contributed by atoms with E-state index in [-0.39, 0.29) is 11.9 Å². The van der Waals surface area contributed by atoms with Crippen molar-refractivity contribution in [2.75, 3.05) is 17.3 Å². The highest BCUT2D eigenvalue weighted by Crippen LogP contribution is 2.28. The lowest BCUT2D eigenvalue weighted by molar-refractivity contribution is 0.503. The van der Waals surface area contributed by atoms with Gasteiger partial charge < -0.3 is 0 Å². The first-order valence-corrected chi connectivity index (χ1v) is 8.00. The highest BCUT2D eigenvalue weighted by Gasteiger charge is 2.24. The van der Waals surface area contributed by atoms with Crippen molar-refractivity contribution in [3.05, 3.63) is 35.4 Å². The lowest BCUT2D eigenvalue weighted by Crippen LogP contribution is -2.46. The van der Waals surface area contributed by atoms with Gasteiger partial charge >= 0.3 is 0 Å². The average molecular weight is 290 g/mol. The lowest BCUT2D eigenvalue weighted by atomic mass is 10.0. The Bertz CT molecular complexity index is 398. The van der Waals surface area contributed by atoms with Gasteiger partial charge in [-0.3, -0.25) is 11.3 Å². The molecule has 1 fully saturated rings. The summed E-state index contributed by atoms with van der Waals surface area (Å²) >= 11 is 3.73. The molecule has 0 amide bonds. The Morgan fingerprint density at radius 3 is 2.89 bits per heavy atom. The molecule has 18 heavy (non-hydrogen) atoms. The van der Waals surface area contributed by atoms with Gasteiger partial charge in [-0.1, -0.05) is 0 Å². The highest BCUT2D eigenvalue weighted by molar-refractivity contribution is 8.06. The first-order valence-electron chi connectivity index (χ1n) is 5.80. The van der Waals surface area contributed by atoms with Gasteiger partial charge in [0.05, 0.1) is 0 Å². The fraction of sp³-hybridized carbons (Fsp3) is 0.500. The number of hydrogen-bond acceptors (Lipinski definition) is 4. The molecule has 0 spiro atoms. The van der Waals surface area contributed by atoms with Gasteiger partial charge in [0.1, 0.15) is 11.6 Å². The number of hydrogen-bond donors (Lipinski definition) is 2. The minimum atomic E-state index is -0.409. The first-order chi connectivity index (χ1) is 8.70. The van der Waals surface area contributed by atoms with Crippen LogP contribution in [0.2, 0.25) is 0 Å². The second-order valence-electron chi connectivity index (χ2n) is 4.20. The molecule has 2 unspecified atom stereocenters. The Hall–Kier alpha value is -0.300. The third kappa shape index (κ3) is 3.60. The zero-order chi connectivity index (χ0) is 13.0. The number of rotatable bonds is 4. The van der Waals surface area contributed by atoms with Crippen molar-refractivity contribution in [3.8, 4) is 0 Å². The Kier molecular flexibility index (Phi) is 5.29. The highest BCUT2D eigenvalue weighted by atomic mass is 32.2. The summed E-state index contributed by atoms with van der Waals surface area (Å²) in [6, 6.07) is 3.52. The molecule has 0 aromatic heterocycles. The van der Waals surface area contributed by atoms with Crippen LogP contribution in [0.15, 0.2) is 18.2 Å². The molecular formula is C12H16F2N2S2. The summed E-state index contributed by atoms with van der Waals surface area (Å²) in [6.07, 6.45) is 0.415. The van der Waals surface area contributed by atoms with Crippen LogP contribution in [-0.2, 0) is 6.42 Å². The summed E-state index contributed by atoms with van der Waals surface area (Å²) in [6.45, 7) is 0. The molecule has 1 aromatic rings. The smallest absolute Gasteiger partial charge is 0.126 e. The van der Waals surface area contributed by atoms with Gasteiger partial charge in [0, 0.05) is 28.6 Å². The van der Waals surface area contributed by atoms with Crippen LogP contribution < -0.4 is 11.3 Å². The minimum absolute atomic E-state index is 0.0286. The van der Waals surface area contributed by atoms with Gasteiger partial charge in [-0.05, 0) is 30.2 Å². The van der Waals surface area contributed by atoms with Gasteiger partial charge in [-0.25, -0.2) is 8.78 Å². The molecule has 1 aliphatic rings. The van der Waals surface area contributed by atoms with Crippen LogP contribution in [0.4, 0.5) is 8.78 Å². The van der Waals surface area contributed by atoms with Crippen LogP contribution in [-0.4, -0.2) is 28.6 Å². The second kappa shape index (κ2) is 6.75. The zero-order valence-corrected chi connectivity index (χ0v) is 11.5. The van der Waals surface area contributed by atoms with Crippen molar-refractivity contribution in [2.24, 2.45) is 5.84 Å². The predicted octanol–water partition coefficient (Wildman–Crippen LogP) is 2.19. The molecule has 0 aliphatic carbocycles. The van der Waals surface area contributed by atoms with Crippen molar-refractivity contribution >= 4 is 23.5 Å². The largest absolute Gasteiger partial charge is 0.271 e. The van der Waals surface area contributed by atoms with Crippen molar-refractivity contribution < 1.29 is 8.78 Å². The maximum atomic E-state index is 13.6. The molecular weight excluding hydrogens is 274 g/mol. The number of nitrogens with one attached hydrogen (secondary N) is 1. The molecule has 100 valence electrons. The fourth-order valence-corrected chi connectivity index (χ4v) is 4.84. The van der Waals surface area contributed by atoms with Crippen molar-refractivity contribution in [2.45, 2.75) is 17.7 Å². The molecule has 2 atom stereocenters. The SMILES string of the molecule is NNC(Cc1cc(F)ccc1F)C1CSCCS1. The van der Waals surface area contributed by atoms with E-state index in [4.69, 9.17) is 5.84 Å². The number of halogens is 2. The minimum Gasteiger partial charge on any atom is -0.271 e. The molecule has 3 N–H and O–H groups in total. The van der Waals surface area contributed by atoms with E-state index in [0.29, 0.717) is 17.2 Å². The van der Waals surface area contributed by atoms with Crippen molar-refractivity contribution in [3.63, 3.8) is 0 Å². The Labute approximate surface area is 114 Å². The van der Waals surface area contributed by atoms with Crippen LogP contribution in [0.25, 0.3) is 0 Å². The van der Waals surface area contributed by atoms with Crippen molar-refractivity contribution in [1.82, 2.24) is 5.43 Å². The van der Waals surface area contributed by atoms with Crippen molar-refractivity contribution in [1.29, 1.82) is 0 Å². The van der Waals surface area contributed by atoms with Crippen LogP contribution >= 0.6 is 23.5 Å². The lowest BCUT2D eigenvalue weighted by Gasteiger charge is -2.29. The van der Waals surface area contributed by atoms with Crippen LogP contribution in [0, 0.1) is 11.6 Å². The van der Waals surface area contributed by atoms with Crippen LogP contribution in [0.1, 0.15) is 5.56 Å². The quantitative estimate of drug-likeness (QED) is 0.658. The molecule has 6 heteroatoms. The average Bonchev–Trinajstić information content (AvgIpc) is 2.41. The Balaban J connectivity index is 2.06. The molecule has 0 radical (unpaired) electrons. The van der Waals surface area contributed by atoms with Gasteiger partial charge in [0.15, 0.2) is 0 Å². The summed E-state index contributed by atoms with van der Waals surface area (Å²) in [4.78, 5) is 0. The van der Waals surface area contributed by atoms with E-state index >= 15 is 0 Å². The van der Waals surface area contributed by atoms with E-state index < -0.39 is 5.82 Å². The molecule has 1 saturated heterocycles. The summed E-state index contributed by atoms with van der Waals surface area (Å²) in [5.41, 5.74) is 3.13. The van der Waals surface area contributed by atoms with E-state index in [1.54, 1.807) is 0 Å². The second-order valence-corrected chi connectivity index (χ2v) is 6.69. The number of benzene rings is 1. The third-order valence-corrected chi connectivity index (χ3v) is 5.87. The van der Waals surface area contributed by atoms with E-state index in [1.807, 2.05) is 23.5 Å². The number of thioether (sulfide) groups is 2. The van der Waals surface area contributed by atoms with Crippen LogP contribution in [0.5, 0.6) is 0 Å². The van der Waals surface area contributed by atoms with Gasteiger partial charge in [-0.2, -0.15) is 23.5 Å². The maximum Gasteiger partial charge on any atom is 0.126 e. The molecule has 2 nitrogen and oxygen atoms in total. The predicted molar refractivity (Wildman–Crippen MR) is 74.7 cm³/mol. The van der Waals surface area contributed by atoms with E-state index in [2.05, 4.69) is 5.43 Å². The summed E-state index contributed by atoms with van der Waals surface area (Å²) in [7, 11) is 0. The summed E-state index contributed by atoms with van der Waals surface area (Å²) < 4.78 is 26.7. The standard InChI is InChI=1S/C12H16F2N2S2/c13-9-1-2-10(14)8(5-9)6-11(16-15)12-7-17-3-4-18-12/h1-2,5,11-12,16H,3-4,6-7,15H2. The Morgan fingerprint density at radius 2 is 2.22 bits per heavy atom. The topological polar surface area (TPSA) is 38.0 Å².